The molecule has 0 aromatic heterocycles. The zero-order valence-corrected chi connectivity index (χ0v) is 11.4. The number of hydrogen-bond donors (Lipinski definition) is 2. The number of benzene rings is 1. The van der Waals surface area contributed by atoms with E-state index in [1.165, 1.54) is 6.07 Å². The van der Waals surface area contributed by atoms with Gasteiger partial charge in [0.25, 0.3) is 5.91 Å². The molecule has 0 fully saturated rings. The Bertz CT molecular complexity index is 395. The fourth-order valence-corrected chi connectivity index (χ4v) is 1.50. The van der Waals surface area contributed by atoms with Crippen LogP contribution in [0.25, 0.3) is 0 Å². The summed E-state index contributed by atoms with van der Waals surface area (Å²) in [5, 5.41) is 12.2. The van der Waals surface area contributed by atoms with Gasteiger partial charge in [0, 0.05) is 12.6 Å². The third-order valence-corrected chi connectivity index (χ3v) is 2.40. The fraction of sp³-hybridized carbons (Fsp3) is 0.500. The van der Waals surface area contributed by atoms with E-state index in [0.717, 1.165) is 5.56 Å². The Hall–Kier alpha value is -1.71. The maximum Gasteiger partial charge on any atom is 0.260 e. The van der Waals surface area contributed by atoms with Crippen molar-refractivity contribution in [2.45, 2.75) is 33.8 Å². The number of phenolic OH excluding ortho intramolecular Hbond substituents is 1. The Morgan fingerprint density at radius 1 is 1.33 bits per heavy atom. The van der Waals surface area contributed by atoms with Crippen LogP contribution in [0.4, 0.5) is 0 Å². The minimum Gasteiger partial charge on any atom is -0.508 e. The van der Waals surface area contributed by atoms with Crippen molar-refractivity contribution in [3.8, 4) is 11.5 Å². The average Bonchev–Trinajstić information content (AvgIpc) is 2.24. The summed E-state index contributed by atoms with van der Waals surface area (Å²) in [5.41, 5.74) is 0.889. The Morgan fingerprint density at radius 2 is 2.00 bits per heavy atom. The number of aromatic hydroxyl groups is 1. The lowest BCUT2D eigenvalue weighted by Gasteiger charge is -2.16. The molecule has 100 valence electrons. The first kappa shape index (κ1) is 14.4. The molecule has 1 unspecified atom stereocenters. The molecule has 1 atom stereocenters. The van der Waals surface area contributed by atoms with Crippen molar-refractivity contribution in [1.29, 1.82) is 0 Å². The largest absolute Gasteiger partial charge is 0.508 e. The van der Waals surface area contributed by atoms with Crippen LogP contribution in [-0.2, 0) is 4.79 Å². The van der Waals surface area contributed by atoms with Gasteiger partial charge in [-0.25, -0.2) is 0 Å². The van der Waals surface area contributed by atoms with Crippen LogP contribution in [0.15, 0.2) is 18.2 Å². The van der Waals surface area contributed by atoms with Gasteiger partial charge in [-0.2, -0.15) is 0 Å². The standard InChI is InChI=1S/C14H21NO3/c1-9(2)8-15-14(17)11(4)18-13-6-10(3)5-12(16)7-13/h5-7,9,11,16H,8H2,1-4H3,(H,15,17). The lowest BCUT2D eigenvalue weighted by atomic mass is 10.2. The van der Waals surface area contributed by atoms with Crippen LogP contribution in [0.5, 0.6) is 11.5 Å². The molecule has 1 aromatic carbocycles. The van der Waals surface area contributed by atoms with Gasteiger partial charge in [-0.1, -0.05) is 13.8 Å². The van der Waals surface area contributed by atoms with Gasteiger partial charge in [-0.15, -0.1) is 0 Å². The molecule has 0 radical (unpaired) electrons. The second kappa shape index (κ2) is 6.28. The van der Waals surface area contributed by atoms with Crippen molar-refractivity contribution in [2.24, 2.45) is 5.92 Å². The van der Waals surface area contributed by atoms with Crippen molar-refractivity contribution < 1.29 is 14.6 Å². The number of nitrogens with one attached hydrogen (secondary N) is 1. The van der Waals surface area contributed by atoms with Gasteiger partial charge >= 0.3 is 0 Å². The summed E-state index contributed by atoms with van der Waals surface area (Å²) in [6.45, 7) is 8.24. The van der Waals surface area contributed by atoms with Crippen LogP contribution >= 0.6 is 0 Å². The topological polar surface area (TPSA) is 58.6 Å². The highest BCUT2D eigenvalue weighted by Gasteiger charge is 2.14. The van der Waals surface area contributed by atoms with E-state index in [9.17, 15) is 9.90 Å². The van der Waals surface area contributed by atoms with Gasteiger partial charge in [-0.05, 0) is 37.5 Å². The number of hydrogen-bond acceptors (Lipinski definition) is 3. The highest BCUT2D eigenvalue weighted by molar-refractivity contribution is 5.80. The highest BCUT2D eigenvalue weighted by atomic mass is 16.5. The Labute approximate surface area is 108 Å². The van der Waals surface area contributed by atoms with E-state index < -0.39 is 6.10 Å². The molecule has 1 aromatic rings. The predicted octanol–water partition coefficient (Wildman–Crippen LogP) is 2.24. The smallest absolute Gasteiger partial charge is 0.260 e. The average molecular weight is 251 g/mol. The SMILES string of the molecule is Cc1cc(O)cc(OC(C)C(=O)NCC(C)C)c1. The zero-order valence-electron chi connectivity index (χ0n) is 11.4. The van der Waals surface area contributed by atoms with Crippen LogP contribution in [0.3, 0.4) is 0 Å². The Balaban J connectivity index is 2.58. The second-order valence-corrected chi connectivity index (χ2v) is 4.90. The number of aryl methyl sites for hydroxylation is 1. The summed E-state index contributed by atoms with van der Waals surface area (Å²) >= 11 is 0. The Morgan fingerprint density at radius 3 is 2.56 bits per heavy atom. The van der Waals surface area contributed by atoms with E-state index in [-0.39, 0.29) is 11.7 Å². The van der Waals surface area contributed by atoms with Crippen LogP contribution in [0.1, 0.15) is 26.3 Å². The normalized spacial score (nSPS) is 12.3. The molecule has 0 saturated carbocycles. The first-order chi connectivity index (χ1) is 8.38. The number of phenols is 1. The quantitative estimate of drug-likeness (QED) is 0.843. The molecule has 0 aliphatic carbocycles. The summed E-state index contributed by atoms with van der Waals surface area (Å²) in [5.74, 6) is 0.897. The van der Waals surface area contributed by atoms with Crippen LogP contribution in [0.2, 0.25) is 0 Å². The molecule has 0 aliphatic rings. The van der Waals surface area contributed by atoms with Crippen LogP contribution in [-0.4, -0.2) is 23.7 Å². The molecule has 0 saturated heterocycles. The van der Waals surface area contributed by atoms with Crippen molar-refractivity contribution >= 4 is 5.91 Å². The van der Waals surface area contributed by atoms with E-state index >= 15 is 0 Å². The summed E-state index contributed by atoms with van der Waals surface area (Å²) in [6.07, 6.45) is -0.579. The minimum atomic E-state index is -0.579. The van der Waals surface area contributed by atoms with E-state index in [4.69, 9.17) is 4.74 Å². The molecule has 1 rings (SSSR count). The van der Waals surface area contributed by atoms with Gasteiger partial charge in [-0.3, -0.25) is 4.79 Å². The highest BCUT2D eigenvalue weighted by Crippen LogP contribution is 2.22. The zero-order chi connectivity index (χ0) is 13.7. The monoisotopic (exact) mass is 251 g/mol. The van der Waals surface area contributed by atoms with Crippen LogP contribution < -0.4 is 10.1 Å². The van der Waals surface area contributed by atoms with Gasteiger partial charge in [0.2, 0.25) is 0 Å². The number of amides is 1. The number of carbonyl (C=O) groups is 1. The number of rotatable bonds is 5. The third kappa shape index (κ3) is 4.65. The molecular formula is C14H21NO3. The summed E-state index contributed by atoms with van der Waals surface area (Å²) in [6, 6.07) is 4.92. The molecule has 0 bridgehead atoms. The molecule has 18 heavy (non-hydrogen) atoms. The van der Waals surface area contributed by atoms with Crippen LogP contribution in [0, 0.1) is 12.8 Å². The molecule has 0 aliphatic heterocycles. The maximum atomic E-state index is 11.7. The van der Waals surface area contributed by atoms with Gasteiger partial charge in [0.15, 0.2) is 6.10 Å². The van der Waals surface area contributed by atoms with E-state index in [0.29, 0.717) is 18.2 Å². The van der Waals surface area contributed by atoms with E-state index in [2.05, 4.69) is 5.32 Å². The van der Waals surface area contributed by atoms with E-state index in [1.807, 2.05) is 20.8 Å². The summed E-state index contributed by atoms with van der Waals surface area (Å²) < 4.78 is 5.50. The van der Waals surface area contributed by atoms with Gasteiger partial charge in [0.1, 0.15) is 11.5 Å². The number of ether oxygens (including phenoxy) is 1. The predicted molar refractivity (Wildman–Crippen MR) is 70.8 cm³/mol. The van der Waals surface area contributed by atoms with Gasteiger partial charge in [0.05, 0.1) is 0 Å². The van der Waals surface area contributed by atoms with Crippen molar-refractivity contribution in [2.75, 3.05) is 6.54 Å². The van der Waals surface area contributed by atoms with Crippen molar-refractivity contribution in [3.63, 3.8) is 0 Å². The Kier molecular flexibility index (Phi) is 5.01. The van der Waals surface area contributed by atoms with Crippen molar-refractivity contribution in [1.82, 2.24) is 5.32 Å². The molecular weight excluding hydrogens is 230 g/mol. The first-order valence-corrected chi connectivity index (χ1v) is 6.13. The summed E-state index contributed by atoms with van der Waals surface area (Å²) in [4.78, 5) is 11.7. The molecule has 1 amide bonds. The minimum absolute atomic E-state index is 0.139. The van der Waals surface area contributed by atoms with Gasteiger partial charge < -0.3 is 15.2 Å². The molecule has 0 spiro atoms. The fourth-order valence-electron chi connectivity index (χ4n) is 1.50. The molecule has 2 N–H and O–H groups in total. The molecule has 4 nitrogen and oxygen atoms in total. The lowest BCUT2D eigenvalue weighted by Crippen LogP contribution is -2.38. The lowest BCUT2D eigenvalue weighted by molar-refractivity contribution is -0.127. The second-order valence-electron chi connectivity index (χ2n) is 4.90. The first-order valence-electron chi connectivity index (χ1n) is 6.13. The van der Waals surface area contributed by atoms with E-state index in [1.54, 1.807) is 19.1 Å². The molecule has 0 heterocycles. The molecule has 4 heteroatoms. The summed E-state index contributed by atoms with van der Waals surface area (Å²) in [7, 11) is 0. The number of carbonyl (C=O) groups excluding carboxylic acids is 1. The third-order valence-electron chi connectivity index (χ3n) is 2.40. The maximum absolute atomic E-state index is 11.7. The van der Waals surface area contributed by atoms with Crippen molar-refractivity contribution in [3.05, 3.63) is 23.8 Å².